The quantitative estimate of drug-likeness (QED) is 0.829. The number of aryl methyl sites for hydroxylation is 1. The third kappa shape index (κ3) is 3.20. The van der Waals surface area contributed by atoms with Crippen molar-refractivity contribution < 1.29 is 12.8 Å². The molecule has 0 aromatic heterocycles. The van der Waals surface area contributed by atoms with E-state index in [1.54, 1.807) is 6.07 Å². The van der Waals surface area contributed by atoms with Gasteiger partial charge in [-0.05, 0) is 54.7 Å². The number of nitrogen functional groups attached to an aromatic ring is 1. The highest BCUT2D eigenvalue weighted by Gasteiger charge is 2.29. The number of rotatable bonds is 3. The lowest BCUT2D eigenvalue weighted by Crippen LogP contribution is -2.31. The fourth-order valence-electron chi connectivity index (χ4n) is 2.94. The third-order valence-electron chi connectivity index (χ3n) is 3.97. The molecule has 1 aliphatic carbocycles. The van der Waals surface area contributed by atoms with Gasteiger partial charge in [-0.25, -0.2) is 17.5 Å². The van der Waals surface area contributed by atoms with Crippen LogP contribution in [-0.4, -0.2) is 8.42 Å². The van der Waals surface area contributed by atoms with E-state index in [0.717, 1.165) is 30.0 Å². The number of sulfonamides is 1. The fraction of sp³-hybridized carbons (Fsp3) is 0.250. The highest BCUT2D eigenvalue weighted by molar-refractivity contribution is 7.89. The fourth-order valence-corrected chi connectivity index (χ4v) is 4.80. The van der Waals surface area contributed by atoms with Crippen LogP contribution in [-0.2, 0) is 16.4 Å². The molecule has 0 fully saturated rings. The molecule has 3 N–H and O–H groups in total. The summed E-state index contributed by atoms with van der Waals surface area (Å²) in [5, 5.41) is -0.133. The first-order valence-electron chi connectivity index (χ1n) is 7.23. The number of halogens is 2. The molecule has 0 saturated heterocycles. The number of hydrogen-bond acceptors (Lipinski definition) is 3. The summed E-state index contributed by atoms with van der Waals surface area (Å²) in [6, 6.07) is 8.80. The van der Waals surface area contributed by atoms with E-state index in [1.165, 1.54) is 12.1 Å². The number of fused-ring (bicyclic) bond motifs is 1. The van der Waals surface area contributed by atoms with Gasteiger partial charge in [0.2, 0.25) is 10.0 Å². The lowest BCUT2D eigenvalue weighted by molar-refractivity contribution is 0.502. The lowest BCUT2D eigenvalue weighted by atomic mass is 9.88. The molecule has 2 aromatic rings. The van der Waals surface area contributed by atoms with E-state index in [2.05, 4.69) is 4.72 Å². The minimum absolute atomic E-state index is 0.133. The largest absolute Gasteiger partial charge is 0.399 e. The van der Waals surface area contributed by atoms with Gasteiger partial charge in [-0.1, -0.05) is 23.7 Å². The van der Waals surface area contributed by atoms with Crippen molar-refractivity contribution in [1.82, 2.24) is 4.72 Å². The van der Waals surface area contributed by atoms with Gasteiger partial charge in [0.1, 0.15) is 10.7 Å². The number of benzene rings is 2. The van der Waals surface area contributed by atoms with Crippen LogP contribution in [0.25, 0.3) is 0 Å². The molecule has 0 bridgehead atoms. The predicted molar refractivity (Wildman–Crippen MR) is 88.3 cm³/mol. The van der Waals surface area contributed by atoms with Crippen LogP contribution in [0.3, 0.4) is 0 Å². The van der Waals surface area contributed by atoms with E-state index in [0.29, 0.717) is 12.1 Å². The number of anilines is 1. The van der Waals surface area contributed by atoms with Crippen LogP contribution in [0.2, 0.25) is 5.02 Å². The first kappa shape index (κ1) is 16.2. The van der Waals surface area contributed by atoms with Gasteiger partial charge in [-0.3, -0.25) is 0 Å². The smallest absolute Gasteiger partial charge is 0.245 e. The Bertz CT molecular complexity index is 835. The van der Waals surface area contributed by atoms with Crippen LogP contribution in [0, 0.1) is 5.82 Å². The zero-order valence-electron chi connectivity index (χ0n) is 12.2. The van der Waals surface area contributed by atoms with Crippen molar-refractivity contribution in [2.24, 2.45) is 0 Å². The predicted octanol–water partition coefficient (Wildman–Crippen LogP) is 3.42. The van der Waals surface area contributed by atoms with Crippen molar-refractivity contribution in [2.75, 3.05) is 5.73 Å². The summed E-state index contributed by atoms with van der Waals surface area (Å²) in [5.41, 5.74) is 8.32. The molecule has 0 amide bonds. The second-order valence-electron chi connectivity index (χ2n) is 5.58. The highest BCUT2D eigenvalue weighted by atomic mass is 35.5. The van der Waals surface area contributed by atoms with Crippen molar-refractivity contribution in [2.45, 2.75) is 30.2 Å². The second kappa shape index (κ2) is 6.11. The molecule has 4 nitrogen and oxygen atoms in total. The molecule has 7 heteroatoms. The lowest BCUT2D eigenvalue weighted by Gasteiger charge is -2.26. The zero-order valence-corrected chi connectivity index (χ0v) is 13.8. The Labute approximate surface area is 139 Å². The third-order valence-corrected chi connectivity index (χ3v) is 5.94. The SMILES string of the molecule is Nc1ccc2c(c1)CCCC2NS(=O)(=O)c1c(F)cccc1Cl. The highest BCUT2D eigenvalue weighted by Crippen LogP contribution is 2.33. The van der Waals surface area contributed by atoms with Crippen LogP contribution in [0.1, 0.15) is 30.0 Å². The molecular formula is C16H16ClFN2O2S. The molecule has 2 aromatic carbocycles. The van der Waals surface area contributed by atoms with Crippen LogP contribution < -0.4 is 10.5 Å². The average molecular weight is 355 g/mol. The zero-order chi connectivity index (χ0) is 16.6. The molecule has 0 saturated carbocycles. The van der Waals surface area contributed by atoms with Gasteiger partial charge in [-0.15, -0.1) is 0 Å². The Morgan fingerprint density at radius 1 is 1.26 bits per heavy atom. The van der Waals surface area contributed by atoms with Gasteiger partial charge in [0.15, 0.2) is 0 Å². The number of nitrogens with two attached hydrogens (primary N) is 1. The average Bonchev–Trinajstić information content (AvgIpc) is 2.46. The summed E-state index contributed by atoms with van der Waals surface area (Å²) in [6.07, 6.45) is 2.32. The van der Waals surface area contributed by atoms with Crippen LogP contribution in [0.5, 0.6) is 0 Å². The Balaban J connectivity index is 1.97. The Hall–Kier alpha value is -1.63. The van der Waals surface area contributed by atoms with Gasteiger partial charge >= 0.3 is 0 Å². The van der Waals surface area contributed by atoms with Crippen LogP contribution >= 0.6 is 11.6 Å². The molecule has 1 unspecified atom stereocenters. The molecule has 0 radical (unpaired) electrons. The Kier molecular flexibility index (Phi) is 4.31. The normalized spacial score (nSPS) is 17.7. The standard InChI is InChI=1S/C16H16ClFN2O2S/c17-13-4-2-5-14(18)16(13)23(21,22)20-15-6-1-3-10-9-11(19)7-8-12(10)15/h2,4-5,7-9,15,20H,1,3,6,19H2. The molecule has 1 atom stereocenters. The van der Waals surface area contributed by atoms with E-state index in [-0.39, 0.29) is 5.02 Å². The van der Waals surface area contributed by atoms with Crippen molar-refractivity contribution in [1.29, 1.82) is 0 Å². The van der Waals surface area contributed by atoms with Gasteiger partial charge in [-0.2, -0.15) is 0 Å². The molecular weight excluding hydrogens is 339 g/mol. The van der Waals surface area contributed by atoms with Crippen LogP contribution in [0.15, 0.2) is 41.3 Å². The Morgan fingerprint density at radius 2 is 2.04 bits per heavy atom. The van der Waals surface area contributed by atoms with Gasteiger partial charge < -0.3 is 5.73 Å². The van der Waals surface area contributed by atoms with E-state index >= 15 is 0 Å². The summed E-state index contributed by atoms with van der Waals surface area (Å²) in [4.78, 5) is -0.510. The monoisotopic (exact) mass is 354 g/mol. The van der Waals surface area contributed by atoms with E-state index in [9.17, 15) is 12.8 Å². The molecule has 3 rings (SSSR count). The molecule has 122 valence electrons. The maximum absolute atomic E-state index is 13.9. The summed E-state index contributed by atoms with van der Waals surface area (Å²) < 4.78 is 41.6. The Morgan fingerprint density at radius 3 is 2.78 bits per heavy atom. The molecule has 0 heterocycles. The van der Waals surface area contributed by atoms with Gasteiger partial charge in [0, 0.05) is 11.7 Å². The molecule has 0 aliphatic heterocycles. The van der Waals surface area contributed by atoms with Gasteiger partial charge in [0.05, 0.1) is 5.02 Å². The summed E-state index contributed by atoms with van der Waals surface area (Å²) >= 11 is 5.88. The van der Waals surface area contributed by atoms with E-state index < -0.39 is 26.8 Å². The second-order valence-corrected chi connectivity index (χ2v) is 7.63. The minimum atomic E-state index is -4.06. The van der Waals surface area contributed by atoms with Crippen molar-refractivity contribution in [3.05, 3.63) is 58.4 Å². The van der Waals surface area contributed by atoms with E-state index in [4.69, 9.17) is 17.3 Å². The van der Waals surface area contributed by atoms with Crippen molar-refractivity contribution in [3.63, 3.8) is 0 Å². The maximum atomic E-state index is 13.9. The van der Waals surface area contributed by atoms with Crippen LogP contribution in [0.4, 0.5) is 10.1 Å². The minimum Gasteiger partial charge on any atom is -0.399 e. The first-order valence-corrected chi connectivity index (χ1v) is 9.09. The summed E-state index contributed by atoms with van der Waals surface area (Å²) in [5.74, 6) is -0.863. The van der Waals surface area contributed by atoms with E-state index in [1.807, 2.05) is 12.1 Å². The van der Waals surface area contributed by atoms with Crippen molar-refractivity contribution >= 4 is 27.3 Å². The summed E-state index contributed by atoms with van der Waals surface area (Å²) in [6.45, 7) is 0. The maximum Gasteiger partial charge on any atom is 0.245 e. The van der Waals surface area contributed by atoms with Gasteiger partial charge in [0.25, 0.3) is 0 Å². The number of nitrogens with one attached hydrogen (secondary N) is 1. The van der Waals surface area contributed by atoms with Crippen molar-refractivity contribution in [3.8, 4) is 0 Å². The molecule has 0 spiro atoms. The topological polar surface area (TPSA) is 72.2 Å². The first-order chi connectivity index (χ1) is 10.9. The number of hydrogen-bond donors (Lipinski definition) is 2. The molecule has 23 heavy (non-hydrogen) atoms. The molecule has 1 aliphatic rings. The summed E-state index contributed by atoms with van der Waals surface area (Å²) in [7, 11) is -4.06.